The van der Waals surface area contributed by atoms with E-state index in [1.165, 1.54) is 0 Å². The number of amides is 1. The molecule has 0 aliphatic carbocycles. The van der Waals surface area contributed by atoms with Crippen molar-refractivity contribution in [2.75, 3.05) is 11.9 Å². The van der Waals surface area contributed by atoms with Crippen LogP contribution in [0.3, 0.4) is 0 Å². The predicted molar refractivity (Wildman–Crippen MR) is 90.5 cm³/mol. The number of nitrogens with one attached hydrogen (secondary N) is 1. The molecule has 0 aliphatic rings. The van der Waals surface area contributed by atoms with Gasteiger partial charge in [0.1, 0.15) is 17.4 Å². The number of benzene rings is 1. The van der Waals surface area contributed by atoms with E-state index in [1.54, 1.807) is 25.1 Å². The number of carbonyl (C=O) groups is 1. The Hall–Kier alpha value is -2.06. The highest BCUT2D eigenvalue weighted by molar-refractivity contribution is 5.97. The van der Waals surface area contributed by atoms with Gasteiger partial charge in [0.05, 0.1) is 11.7 Å². The molecule has 5 nitrogen and oxygen atoms in total. The Morgan fingerprint density at radius 3 is 2.61 bits per heavy atom. The molecular weight excluding hydrogens is 292 g/mol. The summed E-state index contributed by atoms with van der Waals surface area (Å²) in [5.41, 5.74) is 0.0819. The van der Waals surface area contributed by atoms with Gasteiger partial charge in [-0.1, -0.05) is 13.3 Å². The van der Waals surface area contributed by atoms with Gasteiger partial charge in [-0.25, -0.2) is 0 Å². The minimum absolute atomic E-state index is 0.0201. The highest BCUT2D eigenvalue weighted by Gasteiger charge is 2.33. The zero-order valence-corrected chi connectivity index (χ0v) is 14.6. The molecule has 0 unspecified atom stereocenters. The number of rotatable bonds is 8. The minimum Gasteiger partial charge on any atom is -0.490 e. The third-order valence-electron chi connectivity index (χ3n) is 3.39. The summed E-state index contributed by atoms with van der Waals surface area (Å²) in [7, 11) is 0. The molecule has 0 bridgehead atoms. The van der Waals surface area contributed by atoms with Crippen LogP contribution in [0.5, 0.6) is 5.75 Å². The lowest BCUT2D eigenvalue weighted by Gasteiger charge is -2.28. The molecule has 1 aromatic carbocycles. The maximum absolute atomic E-state index is 12.5. The highest BCUT2D eigenvalue weighted by atomic mass is 16.5. The van der Waals surface area contributed by atoms with Crippen LogP contribution in [0.25, 0.3) is 0 Å². The lowest BCUT2D eigenvalue weighted by Crippen LogP contribution is -2.42. The maximum Gasteiger partial charge on any atom is 0.256 e. The van der Waals surface area contributed by atoms with E-state index in [0.29, 0.717) is 30.0 Å². The first kappa shape index (κ1) is 19.0. The molecule has 1 aromatic rings. The van der Waals surface area contributed by atoms with Crippen LogP contribution in [-0.2, 0) is 9.53 Å². The number of hydrogen-bond donors (Lipinski definition) is 1. The molecule has 0 aliphatic heterocycles. The SMILES string of the molecule is CCC[C@](C)(OCC)C(=O)Nc1ccc(OC(C)C)c(C#N)c1. The van der Waals surface area contributed by atoms with Crippen molar-refractivity contribution < 1.29 is 14.3 Å². The van der Waals surface area contributed by atoms with Crippen molar-refractivity contribution >= 4 is 11.6 Å². The largest absolute Gasteiger partial charge is 0.490 e. The van der Waals surface area contributed by atoms with Gasteiger partial charge in [0.2, 0.25) is 0 Å². The topological polar surface area (TPSA) is 71.3 Å². The molecular formula is C18H26N2O3. The quantitative estimate of drug-likeness (QED) is 0.789. The zero-order chi connectivity index (χ0) is 17.5. The standard InChI is InChI=1S/C18H26N2O3/c1-6-10-18(5,22-7-2)17(21)20-15-8-9-16(23-13(3)4)14(11-15)12-19/h8-9,11,13H,6-7,10H2,1-5H3,(H,20,21)/t18-/m0/s1. The Labute approximate surface area is 138 Å². The molecule has 0 aromatic heterocycles. The van der Waals surface area contributed by atoms with Crippen molar-refractivity contribution in [1.82, 2.24) is 0 Å². The van der Waals surface area contributed by atoms with Crippen LogP contribution in [-0.4, -0.2) is 24.2 Å². The first-order valence-electron chi connectivity index (χ1n) is 8.02. The third kappa shape index (κ3) is 5.26. The molecule has 0 fully saturated rings. The third-order valence-corrected chi connectivity index (χ3v) is 3.39. The number of hydrogen-bond acceptors (Lipinski definition) is 4. The van der Waals surface area contributed by atoms with Crippen LogP contribution in [0.1, 0.15) is 53.0 Å². The predicted octanol–water partition coefficient (Wildman–Crippen LogP) is 3.88. The van der Waals surface area contributed by atoms with Crippen LogP contribution in [0, 0.1) is 11.3 Å². The Balaban J connectivity index is 2.96. The van der Waals surface area contributed by atoms with Gasteiger partial charge in [-0.2, -0.15) is 5.26 Å². The molecule has 1 amide bonds. The van der Waals surface area contributed by atoms with Crippen LogP contribution < -0.4 is 10.1 Å². The number of nitrogens with zero attached hydrogens (tertiary/aromatic N) is 1. The molecule has 0 heterocycles. The van der Waals surface area contributed by atoms with Crippen molar-refractivity contribution in [1.29, 1.82) is 5.26 Å². The van der Waals surface area contributed by atoms with Gasteiger partial charge in [0.15, 0.2) is 0 Å². The van der Waals surface area contributed by atoms with E-state index < -0.39 is 5.60 Å². The lowest BCUT2D eigenvalue weighted by atomic mass is 9.99. The second-order valence-electron chi connectivity index (χ2n) is 5.86. The second kappa shape index (κ2) is 8.54. The Morgan fingerprint density at radius 2 is 2.09 bits per heavy atom. The summed E-state index contributed by atoms with van der Waals surface area (Å²) in [6.07, 6.45) is 1.45. The van der Waals surface area contributed by atoms with Crippen molar-refractivity contribution in [2.45, 2.75) is 59.2 Å². The summed E-state index contributed by atoms with van der Waals surface area (Å²) in [6.45, 7) is 9.93. The van der Waals surface area contributed by atoms with E-state index in [-0.39, 0.29) is 12.0 Å². The van der Waals surface area contributed by atoms with Gasteiger partial charge in [-0.15, -0.1) is 0 Å². The van der Waals surface area contributed by atoms with E-state index in [4.69, 9.17) is 9.47 Å². The van der Waals surface area contributed by atoms with Gasteiger partial charge in [-0.05, 0) is 52.3 Å². The van der Waals surface area contributed by atoms with E-state index in [9.17, 15) is 10.1 Å². The van der Waals surface area contributed by atoms with Crippen LogP contribution in [0.15, 0.2) is 18.2 Å². The average molecular weight is 318 g/mol. The van der Waals surface area contributed by atoms with E-state index >= 15 is 0 Å². The minimum atomic E-state index is -0.872. The van der Waals surface area contributed by atoms with Crippen molar-refractivity contribution in [2.24, 2.45) is 0 Å². The Bertz CT molecular complexity index is 570. The van der Waals surface area contributed by atoms with Crippen molar-refractivity contribution in [3.8, 4) is 11.8 Å². The molecule has 23 heavy (non-hydrogen) atoms. The lowest BCUT2D eigenvalue weighted by molar-refractivity contribution is -0.139. The maximum atomic E-state index is 12.5. The van der Waals surface area contributed by atoms with E-state index in [2.05, 4.69) is 11.4 Å². The van der Waals surface area contributed by atoms with Crippen LogP contribution in [0.4, 0.5) is 5.69 Å². The monoisotopic (exact) mass is 318 g/mol. The van der Waals surface area contributed by atoms with Crippen molar-refractivity contribution in [3.05, 3.63) is 23.8 Å². The molecule has 0 saturated heterocycles. The van der Waals surface area contributed by atoms with Gasteiger partial charge >= 0.3 is 0 Å². The Kier molecular flexibility index (Phi) is 7.05. The molecule has 0 spiro atoms. The first-order chi connectivity index (χ1) is 10.9. The molecule has 1 rings (SSSR count). The summed E-state index contributed by atoms with van der Waals surface area (Å²) >= 11 is 0. The van der Waals surface area contributed by atoms with Gasteiger partial charge in [0.25, 0.3) is 5.91 Å². The number of anilines is 1. The zero-order valence-electron chi connectivity index (χ0n) is 14.6. The molecule has 0 saturated carbocycles. The summed E-state index contributed by atoms with van der Waals surface area (Å²) in [5, 5.41) is 12.1. The van der Waals surface area contributed by atoms with Gasteiger partial charge < -0.3 is 14.8 Å². The van der Waals surface area contributed by atoms with Crippen LogP contribution in [0.2, 0.25) is 0 Å². The van der Waals surface area contributed by atoms with E-state index in [0.717, 1.165) is 6.42 Å². The summed E-state index contributed by atoms with van der Waals surface area (Å²) in [4.78, 5) is 12.5. The molecule has 5 heteroatoms. The molecule has 126 valence electrons. The van der Waals surface area contributed by atoms with Gasteiger partial charge in [-0.3, -0.25) is 4.79 Å². The highest BCUT2D eigenvalue weighted by Crippen LogP contribution is 2.25. The van der Waals surface area contributed by atoms with Crippen LogP contribution >= 0.6 is 0 Å². The molecule has 1 N–H and O–H groups in total. The Morgan fingerprint density at radius 1 is 1.39 bits per heavy atom. The first-order valence-corrected chi connectivity index (χ1v) is 8.02. The van der Waals surface area contributed by atoms with Crippen molar-refractivity contribution in [3.63, 3.8) is 0 Å². The summed E-state index contributed by atoms with van der Waals surface area (Å²) in [6, 6.07) is 7.15. The summed E-state index contributed by atoms with van der Waals surface area (Å²) < 4.78 is 11.2. The van der Waals surface area contributed by atoms with E-state index in [1.807, 2.05) is 27.7 Å². The smallest absolute Gasteiger partial charge is 0.256 e. The number of carbonyl (C=O) groups excluding carboxylic acids is 1. The van der Waals surface area contributed by atoms with Gasteiger partial charge in [0, 0.05) is 12.3 Å². The fourth-order valence-corrected chi connectivity index (χ4v) is 2.36. The number of ether oxygens (including phenoxy) is 2. The fourth-order valence-electron chi connectivity index (χ4n) is 2.36. The second-order valence-corrected chi connectivity index (χ2v) is 5.86. The number of nitriles is 1. The average Bonchev–Trinajstić information content (AvgIpc) is 2.48. The normalized spacial score (nSPS) is 13.3. The molecule has 1 atom stereocenters. The summed E-state index contributed by atoms with van der Waals surface area (Å²) in [5.74, 6) is 0.309. The fraction of sp³-hybridized carbons (Fsp3) is 0.556. The molecule has 0 radical (unpaired) electrons.